The SMILES string of the molecule is C[C@H](NC(=O)[C@@H](N)CO)C(=O)N[C@@H](CO)C(=O)N[C@@H](Cc1ccc(O)cc1)C(=O)N[C@@H](CCCN=C(N)N)C(=O)N[C@@H](Cc1ccccc1)C(=O)NCC(=O)O. The fourth-order valence-corrected chi connectivity index (χ4v) is 4.97. The molecule has 0 fully saturated rings. The van der Waals surface area contributed by atoms with Crippen molar-refractivity contribution < 1.29 is 54.0 Å². The molecule has 0 aliphatic carbocycles. The molecule has 0 bridgehead atoms. The summed E-state index contributed by atoms with van der Waals surface area (Å²) in [6, 6.07) is 5.83. The van der Waals surface area contributed by atoms with E-state index in [0.29, 0.717) is 11.1 Å². The number of aliphatic imine (C=N–C) groups is 1. The number of carbonyl (C=O) groups is 7. The van der Waals surface area contributed by atoms with Gasteiger partial charge in [-0.3, -0.25) is 38.6 Å². The third-order valence-electron chi connectivity index (χ3n) is 8.02. The van der Waals surface area contributed by atoms with Crippen LogP contribution in [0.25, 0.3) is 0 Å². The molecule has 16 N–H and O–H groups in total. The van der Waals surface area contributed by atoms with E-state index < -0.39 is 97.4 Å². The highest BCUT2D eigenvalue weighted by Crippen LogP contribution is 2.13. The molecule has 6 atom stereocenters. The monoisotopic (exact) mass is 786 g/mol. The topological polar surface area (TPSA) is 363 Å². The van der Waals surface area contributed by atoms with E-state index in [9.17, 15) is 43.8 Å². The van der Waals surface area contributed by atoms with Crippen molar-refractivity contribution in [1.82, 2.24) is 31.9 Å². The third-order valence-corrected chi connectivity index (χ3v) is 8.02. The Morgan fingerprint density at radius 3 is 1.73 bits per heavy atom. The number of amides is 6. The average molecular weight is 787 g/mol. The van der Waals surface area contributed by atoms with Crippen molar-refractivity contribution in [2.24, 2.45) is 22.2 Å². The minimum atomic E-state index is -1.63. The van der Waals surface area contributed by atoms with Gasteiger partial charge in [-0.1, -0.05) is 42.5 Å². The number of carboxylic acid groups (broad SMARTS) is 1. The van der Waals surface area contributed by atoms with Gasteiger partial charge < -0.3 is 69.5 Å². The maximum absolute atomic E-state index is 14.0. The molecular formula is C35H50N10O11. The van der Waals surface area contributed by atoms with Crippen LogP contribution in [-0.2, 0) is 46.4 Å². The Labute approximate surface area is 321 Å². The number of carbonyl (C=O) groups excluding carboxylic acids is 6. The van der Waals surface area contributed by atoms with Crippen molar-refractivity contribution in [1.29, 1.82) is 0 Å². The van der Waals surface area contributed by atoms with Crippen LogP contribution < -0.4 is 49.1 Å². The van der Waals surface area contributed by atoms with Crippen LogP contribution in [0.5, 0.6) is 5.75 Å². The van der Waals surface area contributed by atoms with E-state index in [2.05, 4.69) is 36.9 Å². The van der Waals surface area contributed by atoms with Gasteiger partial charge in [0.15, 0.2) is 5.96 Å². The Morgan fingerprint density at radius 1 is 0.661 bits per heavy atom. The molecule has 6 amide bonds. The number of nitrogens with one attached hydrogen (secondary N) is 6. The van der Waals surface area contributed by atoms with Gasteiger partial charge in [0.1, 0.15) is 48.5 Å². The van der Waals surface area contributed by atoms with Gasteiger partial charge in [0.05, 0.1) is 13.2 Å². The third kappa shape index (κ3) is 16.4. The van der Waals surface area contributed by atoms with Crippen molar-refractivity contribution >= 4 is 47.4 Å². The molecule has 0 saturated carbocycles. The van der Waals surface area contributed by atoms with Crippen molar-refractivity contribution in [2.75, 3.05) is 26.3 Å². The van der Waals surface area contributed by atoms with Gasteiger partial charge in [-0.15, -0.1) is 0 Å². The Kier molecular flexibility index (Phi) is 19.2. The van der Waals surface area contributed by atoms with E-state index in [4.69, 9.17) is 27.4 Å². The van der Waals surface area contributed by atoms with Crippen LogP contribution >= 0.6 is 0 Å². The number of guanidine groups is 1. The fraction of sp³-hybridized carbons (Fsp3) is 0.429. The van der Waals surface area contributed by atoms with Crippen LogP contribution in [0.15, 0.2) is 59.6 Å². The van der Waals surface area contributed by atoms with E-state index in [-0.39, 0.29) is 43.9 Å². The summed E-state index contributed by atoms with van der Waals surface area (Å²) >= 11 is 0. The van der Waals surface area contributed by atoms with Gasteiger partial charge in [0, 0.05) is 19.4 Å². The van der Waals surface area contributed by atoms with E-state index >= 15 is 0 Å². The molecule has 2 aromatic rings. The number of nitrogens with two attached hydrogens (primary N) is 3. The fourth-order valence-electron chi connectivity index (χ4n) is 4.97. The van der Waals surface area contributed by atoms with Crippen LogP contribution in [0, 0.1) is 0 Å². The highest BCUT2D eigenvalue weighted by molar-refractivity contribution is 5.97. The second-order valence-corrected chi connectivity index (χ2v) is 12.6. The first-order valence-corrected chi connectivity index (χ1v) is 17.4. The van der Waals surface area contributed by atoms with Crippen LogP contribution in [0.3, 0.4) is 0 Å². The predicted molar refractivity (Wildman–Crippen MR) is 200 cm³/mol. The van der Waals surface area contributed by atoms with Crippen molar-refractivity contribution in [2.45, 2.75) is 68.9 Å². The second kappa shape index (κ2) is 23.5. The average Bonchev–Trinajstić information content (AvgIpc) is 3.16. The number of carboxylic acids is 1. The molecule has 0 aliphatic rings. The van der Waals surface area contributed by atoms with Crippen molar-refractivity contribution in [3.05, 3.63) is 65.7 Å². The molecule has 2 rings (SSSR count). The smallest absolute Gasteiger partial charge is 0.322 e. The summed E-state index contributed by atoms with van der Waals surface area (Å²) in [4.78, 5) is 94.1. The van der Waals surface area contributed by atoms with Gasteiger partial charge in [0.25, 0.3) is 0 Å². The lowest BCUT2D eigenvalue weighted by Gasteiger charge is -2.27. The number of hydrogen-bond acceptors (Lipinski definition) is 12. The number of rotatable bonds is 23. The van der Waals surface area contributed by atoms with Gasteiger partial charge in [-0.25, -0.2) is 0 Å². The first-order chi connectivity index (χ1) is 26.5. The summed E-state index contributed by atoms with van der Waals surface area (Å²) in [5.41, 5.74) is 17.4. The number of nitrogens with zero attached hydrogens (tertiary/aromatic N) is 1. The van der Waals surface area contributed by atoms with Gasteiger partial charge in [-0.2, -0.15) is 0 Å². The molecule has 56 heavy (non-hydrogen) atoms. The normalized spacial score (nSPS) is 13.9. The second-order valence-electron chi connectivity index (χ2n) is 12.6. The first-order valence-electron chi connectivity index (χ1n) is 17.4. The molecule has 0 saturated heterocycles. The number of phenolic OH excluding ortho intramolecular Hbond substituents is 1. The van der Waals surface area contributed by atoms with E-state index in [1.807, 2.05) is 0 Å². The van der Waals surface area contributed by atoms with Gasteiger partial charge in [-0.05, 0) is 43.0 Å². The van der Waals surface area contributed by atoms with Crippen LogP contribution in [-0.4, -0.2) is 130 Å². The Morgan fingerprint density at radius 2 is 1.18 bits per heavy atom. The number of hydrogen-bond donors (Lipinski definition) is 13. The quantitative estimate of drug-likeness (QED) is 0.0286. The minimum absolute atomic E-state index is 0.0446. The molecule has 0 aromatic heterocycles. The molecule has 0 heterocycles. The van der Waals surface area contributed by atoms with Crippen molar-refractivity contribution in [3.8, 4) is 5.75 Å². The largest absolute Gasteiger partial charge is 0.508 e. The minimum Gasteiger partial charge on any atom is -0.508 e. The zero-order chi connectivity index (χ0) is 41.8. The molecule has 0 spiro atoms. The molecule has 0 radical (unpaired) electrons. The number of phenols is 1. The van der Waals surface area contributed by atoms with E-state index in [0.717, 1.165) is 0 Å². The lowest BCUT2D eigenvalue weighted by Crippen LogP contribution is -2.60. The number of aliphatic carboxylic acids is 1. The lowest BCUT2D eigenvalue weighted by atomic mass is 10.0. The molecule has 21 heteroatoms. The van der Waals surface area contributed by atoms with E-state index in [1.54, 1.807) is 30.3 Å². The Hall–Kier alpha value is -6.32. The lowest BCUT2D eigenvalue weighted by molar-refractivity contribution is -0.138. The molecular weight excluding hydrogens is 736 g/mol. The standard InChI is InChI=1S/C35H50N10O11/c1-19(41-30(52)23(36)17-46)29(51)45-27(18-47)34(56)44-26(15-21-9-11-22(48)12-10-21)33(55)42-24(8-5-13-39-35(37)38)32(54)43-25(31(53)40-16-28(49)50)14-20-6-3-2-4-7-20/h2-4,6-7,9-12,19,23-27,46-48H,5,8,13-18,36H2,1H3,(H,40,53)(H,41,52)(H,42,55)(H,43,54)(H,44,56)(H,45,51)(H,49,50)(H4,37,38,39)/t19-,23-,24-,25-,26-,27-/m0/s1. The summed E-state index contributed by atoms with van der Waals surface area (Å²) in [6.07, 6.45) is -0.193. The summed E-state index contributed by atoms with van der Waals surface area (Å²) < 4.78 is 0. The number of benzene rings is 2. The summed E-state index contributed by atoms with van der Waals surface area (Å²) in [5.74, 6) is -6.98. The van der Waals surface area contributed by atoms with Gasteiger partial charge in [0.2, 0.25) is 35.4 Å². The Bertz CT molecular complexity index is 1670. The summed E-state index contributed by atoms with van der Waals surface area (Å²) in [6.45, 7) is -1.04. The van der Waals surface area contributed by atoms with Crippen molar-refractivity contribution in [3.63, 3.8) is 0 Å². The molecule has 0 unspecified atom stereocenters. The zero-order valence-corrected chi connectivity index (χ0v) is 30.6. The zero-order valence-electron chi connectivity index (χ0n) is 30.6. The Balaban J connectivity index is 2.38. The summed E-state index contributed by atoms with van der Waals surface area (Å²) in [5, 5.41) is 52.3. The molecule has 21 nitrogen and oxygen atoms in total. The number of aromatic hydroxyl groups is 1. The summed E-state index contributed by atoms with van der Waals surface area (Å²) in [7, 11) is 0. The maximum atomic E-state index is 14.0. The predicted octanol–water partition coefficient (Wildman–Crippen LogP) is -4.81. The van der Waals surface area contributed by atoms with E-state index in [1.165, 1.54) is 31.2 Å². The van der Waals surface area contributed by atoms with Crippen LogP contribution in [0.2, 0.25) is 0 Å². The number of aliphatic hydroxyl groups excluding tert-OH is 2. The van der Waals surface area contributed by atoms with Crippen LogP contribution in [0.4, 0.5) is 0 Å². The molecule has 306 valence electrons. The number of aliphatic hydroxyl groups is 2. The molecule has 2 aromatic carbocycles. The first kappa shape index (κ1) is 45.8. The van der Waals surface area contributed by atoms with Crippen LogP contribution in [0.1, 0.15) is 30.9 Å². The maximum Gasteiger partial charge on any atom is 0.322 e. The molecule has 0 aliphatic heterocycles. The highest BCUT2D eigenvalue weighted by Gasteiger charge is 2.32. The highest BCUT2D eigenvalue weighted by atomic mass is 16.4. The van der Waals surface area contributed by atoms with Gasteiger partial charge >= 0.3 is 5.97 Å².